The molecular formula is C19H29ClN2O3. The van der Waals surface area contributed by atoms with Crippen molar-refractivity contribution in [3.63, 3.8) is 0 Å². The lowest BCUT2D eigenvalue weighted by Gasteiger charge is -2.34. The number of aliphatic hydroxyl groups is 1. The molecule has 1 saturated heterocycles. The van der Waals surface area contributed by atoms with Crippen LogP contribution in [0.5, 0.6) is 0 Å². The summed E-state index contributed by atoms with van der Waals surface area (Å²) in [5.41, 5.74) is 1.70. The average Bonchev–Trinajstić information content (AvgIpc) is 2.58. The molecule has 1 heterocycles. The van der Waals surface area contributed by atoms with Crippen molar-refractivity contribution in [1.29, 1.82) is 0 Å². The van der Waals surface area contributed by atoms with Crippen LogP contribution in [0, 0.1) is 0 Å². The van der Waals surface area contributed by atoms with Crippen LogP contribution in [0.4, 0.5) is 10.5 Å². The van der Waals surface area contributed by atoms with Crippen LogP contribution >= 0.6 is 11.6 Å². The lowest BCUT2D eigenvalue weighted by atomic mass is 9.90. The van der Waals surface area contributed by atoms with Gasteiger partial charge in [-0.15, -0.1) is 11.6 Å². The Hall–Kier alpha value is -1.46. The van der Waals surface area contributed by atoms with Crippen LogP contribution in [0.2, 0.25) is 0 Å². The number of nitrogens with zero attached hydrogens (tertiary/aromatic N) is 1. The normalized spacial score (nSPS) is 19.4. The van der Waals surface area contributed by atoms with Gasteiger partial charge in [0, 0.05) is 31.2 Å². The number of hydrogen-bond acceptors (Lipinski definition) is 4. The zero-order valence-corrected chi connectivity index (χ0v) is 16.1. The van der Waals surface area contributed by atoms with E-state index in [0.717, 1.165) is 25.1 Å². The van der Waals surface area contributed by atoms with Gasteiger partial charge in [0.2, 0.25) is 0 Å². The van der Waals surface area contributed by atoms with Gasteiger partial charge < -0.3 is 20.1 Å². The summed E-state index contributed by atoms with van der Waals surface area (Å²) in [6.07, 6.45) is 1.26. The minimum absolute atomic E-state index is 0.216. The van der Waals surface area contributed by atoms with Crippen LogP contribution < -0.4 is 5.32 Å². The summed E-state index contributed by atoms with van der Waals surface area (Å²) in [6, 6.07) is 8.17. The van der Waals surface area contributed by atoms with Crippen LogP contribution in [-0.2, 0) is 4.74 Å². The first-order valence-electron chi connectivity index (χ1n) is 8.84. The standard InChI is InChI=1S/C19H29ClN2O3/c1-19(2,3)25-18(24)22-10-4-5-15(13-22)14-6-8-16(9-7-14)21-12-17(23)11-20/h6-9,15,17,21,23H,4-5,10-13H2,1-3H3. The van der Waals surface area contributed by atoms with Crippen molar-refractivity contribution >= 4 is 23.4 Å². The molecule has 2 N–H and O–H groups in total. The van der Waals surface area contributed by atoms with Crippen LogP contribution in [0.15, 0.2) is 24.3 Å². The molecule has 0 saturated carbocycles. The fraction of sp³-hybridized carbons (Fsp3) is 0.632. The molecule has 0 radical (unpaired) electrons. The van der Waals surface area contributed by atoms with E-state index in [2.05, 4.69) is 17.4 Å². The molecule has 6 heteroatoms. The highest BCUT2D eigenvalue weighted by Crippen LogP contribution is 2.28. The molecule has 140 valence electrons. The SMILES string of the molecule is CC(C)(C)OC(=O)N1CCCC(c2ccc(NCC(O)CCl)cc2)C1. The molecule has 2 atom stereocenters. The smallest absolute Gasteiger partial charge is 0.410 e. The number of aliphatic hydroxyl groups excluding tert-OH is 1. The quantitative estimate of drug-likeness (QED) is 0.776. The van der Waals surface area contributed by atoms with Crippen LogP contribution in [0.1, 0.15) is 45.1 Å². The van der Waals surface area contributed by atoms with E-state index >= 15 is 0 Å². The third-order valence-electron chi connectivity index (χ3n) is 4.18. The maximum Gasteiger partial charge on any atom is 0.410 e. The Morgan fingerprint density at radius 2 is 2.08 bits per heavy atom. The Morgan fingerprint density at radius 1 is 1.40 bits per heavy atom. The highest BCUT2D eigenvalue weighted by atomic mass is 35.5. The molecular weight excluding hydrogens is 340 g/mol. The largest absolute Gasteiger partial charge is 0.444 e. The summed E-state index contributed by atoms with van der Waals surface area (Å²) >= 11 is 5.59. The molecule has 2 unspecified atom stereocenters. The summed E-state index contributed by atoms with van der Waals surface area (Å²) in [6.45, 7) is 7.53. The van der Waals surface area contributed by atoms with E-state index in [1.54, 1.807) is 0 Å². The fourth-order valence-electron chi connectivity index (χ4n) is 2.90. The summed E-state index contributed by atoms with van der Waals surface area (Å²) in [5.74, 6) is 0.539. The van der Waals surface area contributed by atoms with E-state index in [4.69, 9.17) is 16.3 Å². The molecule has 2 rings (SSSR count). The molecule has 0 aromatic heterocycles. The molecule has 1 aromatic carbocycles. The van der Waals surface area contributed by atoms with Crippen molar-refractivity contribution in [2.24, 2.45) is 0 Å². The minimum atomic E-state index is -0.554. The molecule has 0 spiro atoms. The van der Waals surface area contributed by atoms with Gasteiger partial charge in [0.25, 0.3) is 0 Å². The number of carbonyl (C=O) groups excluding carboxylic acids is 1. The molecule has 1 aliphatic rings. The van der Waals surface area contributed by atoms with Gasteiger partial charge in [-0.05, 0) is 51.3 Å². The lowest BCUT2D eigenvalue weighted by Crippen LogP contribution is -2.42. The lowest BCUT2D eigenvalue weighted by molar-refractivity contribution is 0.0198. The summed E-state index contributed by atoms with van der Waals surface area (Å²) in [4.78, 5) is 14.1. The van der Waals surface area contributed by atoms with Crippen molar-refractivity contribution in [2.45, 2.75) is 51.2 Å². The predicted molar refractivity (Wildman–Crippen MR) is 101 cm³/mol. The first-order chi connectivity index (χ1) is 11.8. The van der Waals surface area contributed by atoms with E-state index in [9.17, 15) is 9.90 Å². The van der Waals surface area contributed by atoms with Crippen LogP contribution in [-0.4, -0.2) is 53.3 Å². The number of rotatable bonds is 5. The third-order valence-corrected chi connectivity index (χ3v) is 4.53. The van der Waals surface area contributed by atoms with Gasteiger partial charge in [-0.25, -0.2) is 4.79 Å². The average molecular weight is 369 g/mol. The van der Waals surface area contributed by atoms with Gasteiger partial charge in [0.05, 0.1) is 12.0 Å². The topological polar surface area (TPSA) is 61.8 Å². The highest BCUT2D eigenvalue weighted by molar-refractivity contribution is 6.18. The number of anilines is 1. The van der Waals surface area contributed by atoms with Crippen molar-refractivity contribution in [2.75, 3.05) is 30.8 Å². The number of benzene rings is 1. The van der Waals surface area contributed by atoms with Crippen molar-refractivity contribution < 1.29 is 14.6 Å². The third kappa shape index (κ3) is 6.40. The van der Waals surface area contributed by atoms with Crippen molar-refractivity contribution in [1.82, 2.24) is 4.90 Å². The molecule has 0 bridgehead atoms. The maximum atomic E-state index is 12.3. The highest BCUT2D eigenvalue weighted by Gasteiger charge is 2.28. The van der Waals surface area contributed by atoms with Crippen LogP contribution in [0.25, 0.3) is 0 Å². The Balaban J connectivity index is 1.93. The van der Waals surface area contributed by atoms with Crippen LogP contribution in [0.3, 0.4) is 0 Å². The second-order valence-corrected chi connectivity index (χ2v) is 7.89. The van der Waals surface area contributed by atoms with Gasteiger partial charge in [-0.2, -0.15) is 0 Å². The number of halogens is 1. The van der Waals surface area contributed by atoms with E-state index in [1.165, 1.54) is 5.56 Å². The van der Waals surface area contributed by atoms with Crippen molar-refractivity contribution in [3.8, 4) is 0 Å². The summed E-state index contributed by atoms with van der Waals surface area (Å²) in [5, 5.41) is 12.7. The molecule has 5 nitrogen and oxygen atoms in total. The maximum absolute atomic E-state index is 12.3. The van der Waals surface area contributed by atoms with Gasteiger partial charge in [0.15, 0.2) is 0 Å². The first kappa shape index (κ1) is 19.9. The van der Waals surface area contributed by atoms with E-state index in [-0.39, 0.29) is 12.0 Å². The number of amides is 1. The van der Waals surface area contributed by atoms with Gasteiger partial charge in [-0.1, -0.05) is 12.1 Å². The Morgan fingerprint density at radius 3 is 2.68 bits per heavy atom. The fourth-order valence-corrected chi connectivity index (χ4v) is 3.01. The number of carbonyl (C=O) groups is 1. The second kappa shape index (κ2) is 8.77. The van der Waals surface area contributed by atoms with Gasteiger partial charge >= 0.3 is 6.09 Å². The Labute approximate surface area is 155 Å². The van der Waals surface area contributed by atoms with E-state index < -0.39 is 11.7 Å². The number of hydrogen-bond donors (Lipinski definition) is 2. The molecule has 1 aliphatic heterocycles. The van der Waals surface area contributed by atoms with Crippen molar-refractivity contribution in [3.05, 3.63) is 29.8 Å². The van der Waals surface area contributed by atoms with E-state index in [1.807, 2.05) is 37.8 Å². The molecule has 25 heavy (non-hydrogen) atoms. The number of piperidine rings is 1. The zero-order chi connectivity index (χ0) is 18.4. The predicted octanol–water partition coefficient (Wildman–Crippen LogP) is 3.81. The summed E-state index contributed by atoms with van der Waals surface area (Å²) in [7, 11) is 0. The zero-order valence-electron chi connectivity index (χ0n) is 15.3. The molecule has 1 aromatic rings. The number of alkyl halides is 1. The molecule has 0 aliphatic carbocycles. The molecule has 1 fully saturated rings. The molecule has 1 amide bonds. The number of nitrogens with one attached hydrogen (secondary N) is 1. The van der Waals surface area contributed by atoms with E-state index in [0.29, 0.717) is 19.0 Å². The number of likely N-dealkylation sites (tertiary alicyclic amines) is 1. The summed E-state index contributed by atoms with van der Waals surface area (Å²) < 4.78 is 5.49. The first-order valence-corrected chi connectivity index (χ1v) is 9.38. The van der Waals surface area contributed by atoms with Gasteiger partial charge in [0.1, 0.15) is 5.60 Å². The Kier molecular flexibility index (Phi) is 6.96. The minimum Gasteiger partial charge on any atom is -0.444 e. The monoisotopic (exact) mass is 368 g/mol. The Bertz CT molecular complexity index is 557. The number of ether oxygens (including phenoxy) is 1. The van der Waals surface area contributed by atoms with Gasteiger partial charge in [-0.3, -0.25) is 0 Å². The second-order valence-electron chi connectivity index (χ2n) is 7.58.